The first-order valence-electron chi connectivity index (χ1n) is 8.84. The first-order valence-corrected chi connectivity index (χ1v) is 8.84. The molecular weight excluding hydrogens is 246 g/mol. The maximum Gasteiger partial charge on any atom is 0.0117 e. The van der Waals surface area contributed by atoms with Gasteiger partial charge in [-0.2, -0.15) is 0 Å². The minimum Gasteiger partial charge on any atom is -0.317 e. The third kappa shape index (κ3) is 4.44. The van der Waals surface area contributed by atoms with Crippen molar-refractivity contribution < 1.29 is 0 Å². The molecule has 3 heteroatoms. The number of rotatable bonds is 5. The number of nitrogens with zero attached hydrogens (tertiary/aromatic N) is 2. The van der Waals surface area contributed by atoms with Crippen molar-refractivity contribution in [1.29, 1.82) is 0 Å². The van der Waals surface area contributed by atoms with Crippen molar-refractivity contribution >= 4 is 0 Å². The molecule has 1 aliphatic carbocycles. The maximum atomic E-state index is 3.58. The smallest absolute Gasteiger partial charge is 0.0117 e. The Balaban J connectivity index is 1.81. The third-order valence-corrected chi connectivity index (χ3v) is 5.68. The molecule has 2 unspecified atom stereocenters. The van der Waals surface area contributed by atoms with Gasteiger partial charge in [-0.25, -0.2) is 0 Å². The minimum atomic E-state index is 0.746. The molecule has 0 aromatic carbocycles. The lowest BCUT2D eigenvalue weighted by molar-refractivity contribution is 0.110. The van der Waals surface area contributed by atoms with E-state index in [2.05, 4.69) is 36.1 Å². The lowest BCUT2D eigenvalue weighted by atomic mass is 9.93. The fraction of sp³-hybridized carbons (Fsp3) is 1.00. The molecule has 20 heavy (non-hydrogen) atoms. The zero-order valence-electron chi connectivity index (χ0n) is 13.9. The Bertz CT molecular complexity index is 261. The molecule has 0 spiro atoms. The summed E-state index contributed by atoms with van der Waals surface area (Å²) in [7, 11) is 4.52. The lowest BCUT2D eigenvalue weighted by Crippen LogP contribution is -2.47. The van der Waals surface area contributed by atoms with Crippen LogP contribution in [0.5, 0.6) is 0 Å². The van der Waals surface area contributed by atoms with Gasteiger partial charge in [0.1, 0.15) is 0 Å². The van der Waals surface area contributed by atoms with Gasteiger partial charge in [-0.05, 0) is 65.3 Å². The normalized spacial score (nSPS) is 30.6. The highest BCUT2D eigenvalue weighted by Gasteiger charge is 2.27. The van der Waals surface area contributed by atoms with Crippen LogP contribution in [0.3, 0.4) is 0 Å². The summed E-state index contributed by atoms with van der Waals surface area (Å²) in [6.45, 7) is 7.40. The summed E-state index contributed by atoms with van der Waals surface area (Å²) in [6.07, 6.45) is 9.81. The van der Waals surface area contributed by atoms with Gasteiger partial charge in [0.15, 0.2) is 0 Å². The van der Waals surface area contributed by atoms with Gasteiger partial charge in [-0.1, -0.05) is 26.2 Å². The highest BCUT2D eigenvalue weighted by molar-refractivity contribution is 4.84. The van der Waals surface area contributed by atoms with E-state index in [1.54, 1.807) is 0 Å². The molecule has 2 atom stereocenters. The van der Waals surface area contributed by atoms with Crippen molar-refractivity contribution in [3.05, 3.63) is 0 Å². The van der Waals surface area contributed by atoms with Crippen molar-refractivity contribution in [2.75, 3.05) is 40.3 Å². The minimum absolute atomic E-state index is 0.746. The van der Waals surface area contributed by atoms with Crippen molar-refractivity contribution in [2.24, 2.45) is 5.92 Å². The lowest BCUT2D eigenvalue weighted by Gasteiger charge is -2.39. The van der Waals surface area contributed by atoms with E-state index in [1.807, 2.05) is 0 Å². The summed E-state index contributed by atoms with van der Waals surface area (Å²) in [5.41, 5.74) is 0. The first-order chi connectivity index (χ1) is 9.74. The van der Waals surface area contributed by atoms with E-state index in [0.29, 0.717) is 0 Å². The molecule has 0 aromatic heterocycles. The highest BCUT2D eigenvalue weighted by Crippen LogP contribution is 2.25. The van der Waals surface area contributed by atoms with Gasteiger partial charge in [0.25, 0.3) is 0 Å². The van der Waals surface area contributed by atoms with Crippen molar-refractivity contribution in [1.82, 2.24) is 15.1 Å². The predicted molar refractivity (Wildman–Crippen MR) is 87.2 cm³/mol. The molecule has 0 aromatic rings. The Morgan fingerprint density at radius 1 is 1.05 bits per heavy atom. The Kier molecular flexibility index (Phi) is 6.79. The number of piperidine rings is 1. The zero-order chi connectivity index (χ0) is 14.4. The van der Waals surface area contributed by atoms with Crippen LogP contribution < -0.4 is 5.32 Å². The van der Waals surface area contributed by atoms with Crippen LogP contribution in [0.2, 0.25) is 0 Å². The van der Waals surface area contributed by atoms with Crippen LogP contribution >= 0.6 is 0 Å². The van der Waals surface area contributed by atoms with Crippen LogP contribution in [0.15, 0.2) is 0 Å². The summed E-state index contributed by atoms with van der Waals surface area (Å²) in [5.74, 6) is 0.858. The molecule has 0 radical (unpaired) electrons. The zero-order valence-corrected chi connectivity index (χ0v) is 13.9. The number of nitrogens with one attached hydrogen (secondary N) is 1. The first kappa shape index (κ1) is 16.3. The molecule has 1 aliphatic heterocycles. The monoisotopic (exact) mass is 281 g/mol. The second-order valence-electron chi connectivity index (χ2n) is 6.90. The molecule has 0 amide bonds. The second-order valence-corrected chi connectivity index (χ2v) is 6.90. The van der Waals surface area contributed by atoms with E-state index in [1.165, 1.54) is 71.1 Å². The summed E-state index contributed by atoms with van der Waals surface area (Å²) < 4.78 is 0. The van der Waals surface area contributed by atoms with Gasteiger partial charge in [0, 0.05) is 18.6 Å². The van der Waals surface area contributed by atoms with Gasteiger partial charge in [0.05, 0.1) is 0 Å². The maximum absolute atomic E-state index is 3.58. The summed E-state index contributed by atoms with van der Waals surface area (Å²) in [5, 5.41) is 3.58. The SMILES string of the molecule is CCN1CCC(N(C)CC2CCCCCC2NC)CC1. The fourth-order valence-electron chi connectivity index (χ4n) is 4.18. The van der Waals surface area contributed by atoms with Crippen LogP contribution in [-0.4, -0.2) is 62.2 Å². The number of hydrogen-bond acceptors (Lipinski definition) is 3. The van der Waals surface area contributed by atoms with E-state index < -0.39 is 0 Å². The molecule has 1 saturated heterocycles. The van der Waals surface area contributed by atoms with E-state index in [0.717, 1.165) is 18.0 Å². The quantitative estimate of drug-likeness (QED) is 0.781. The summed E-state index contributed by atoms with van der Waals surface area (Å²) in [6, 6.07) is 1.56. The average molecular weight is 281 g/mol. The molecule has 1 heterocycles. The molecule has 2 rings (SSSR count). The van der Waals surface area contributed by atoms with Crippen LogP contribution in [0.25, 0.3) is 0 Å². The summed E-state index contributed by atoms with van der Waals surface area (Å²) >= 11 is 0. The van der Waals surface area contributed by atoms with Crippen molar-refractivity contribution in [2.45, 2.75) is 64.0 Å². The van der Waals surface area contributed by atoms with Gasteiger partial charge in [-0.3, -0.25) is 0 Å². The van der Waals surface area contributed by atoms with Crippen LogP contribution in [0, 0.1) is 5.92 Å². The predicted octanol–water partition coefficient (Wildman–Crippen LogP) is 2.57. The molecule has 2 aliphatic rings. The molecule has 0 bridgehead atoms. The third-order valence-electron chi connectivity index (χ3n) is 5.68. The van der Waals surface area contributed by atoms with Gasteiger partial charge >= 0.3 is 0 Å². The Labute approximate surface area is 126 Å². The van der Waals surface area contributed by atoms with Gasteiger partial charge < -0.3 is 15.1 Å². The van der Waals surface area contributed by atoms with Gasteiger partial charge in [-0.15, -0.1) is 0 Å². The largest absolute Gasteiger partial charge is 0.317 e. The topological polar surface area (TPSA) is 18.5 Å². The average Bonchev–Trinajstić information content (AvgIpc) is 2.72. The fourth-order valence-corrected chi connectivity index (χ4v) is 4.18. The van der Waals surface area contributed by atoms with Crippen LogP contribution in [-0.2, 0) is 0 Å². The van der Waals surface area contributed by atoms with E-state index in [9.17, 15) is 0 Å². The molecular formula is C17H35N3. The van der Waals surface area contributed by atoms with E-state index >= 15 is 0 Å². The van der Waals surface area contributed by atoms with E-state index in [4.69, 9.17) is 0 Å². The molecule has 1 saturated carbocycles. The van der Waals surface area contributed by atoms with Gasteiger partial charge in [0.2, 0.25) is 0 Å². The Morgan fingerprint density at radius 3 is 2.40 bits per heavy atom. The molecule has 2 fully saturated rings. The molecule has 118 valence electrons. The molecule has 3 nitrogen and oxygen atoms in total. The van der Waals surface area contributed by atoms with Crippen LogP contribution in [0.4, 0.5) is 0 Å². The Morgan fingerprint density at radius 2 is 1.75 bits per heavy atom. The molecule has 1 N–H and O–H groups in total. The van der Waals surface area contributed by atoms with Crippen LogP contribution in [0.1, 0.15) is 51.9 Å². The number of likely N-dealkylation sites (tertiary alicyclic amines) is 1. The second kappa shape index (κ2) is 8.35. The van der Waals surface area contributed by atoms with E-state index in [-0.39, 0.29) is 0 Å². The van der Waals surface area contributed by atoms with Crippen molar-refractivity contribution in [3.63, 3.8) is 0 Å². The van der Waals surface area contributed by atoms with Crippen molar-refractivity contribution in [3.8, 4) is 0 Å². The number of hydrogen-bond donors (Lipinski definition) is 1. The highest BCUT2D eigenvalue weighted by atomic mass is 15.2. The standard InChI is InChI=1S/C17H35N3/c1-4-20-12-10-16(11-13-20)19(3)14-15-8-6-5-7-9-17(15)18-2/h15-18H,4-14H2,1-3H3. The Hall–Kier alpha value is -0.120. The summed E-state index contributed by atoms with van der Waals surface area (Å²) in [4.78, 5) is 5.26.